The molecule has 2 rings (SSSR count). The van der Waals surface area contributed by atoms with Crippen molar-refractivity contribution in [3.8, 4) is 0 Å². The van der Waals surface area contributed by atoms with Gasteiger partial charge in [0.15, 0.2) is 0 Å². The van der Waals surface area contributed by atoms with Crippen LogP contribution in [0.4, 0.5) is 17.1 Å². The molecular formula is C13H11BrClN3O. The van der Waals surface area contributed by atoms with E-state index in [0.717, 1.165) is 4.47 Å². The second kappa shape index (κ2) is 5.50. The Hall–Kier alpha value is -1.72. The average Bonchev–Trinajstić information content (AvgIpc) is 2.33. The Bertz CT molecular complexity index is 646. The van der Waals surface area contributed by atoms with Crippen LogP contribution >= 0.6 is 27.5 Å². The molecule has 0 aliphatic heterocycles. The van der Waals surface area contributed by atoms with Gasteiger partial charge in [0.1, 0.15) is 0 Å². The highest BCUT2D eigenvalue weighted by Crippen LogP contribution is 2.30. The van der Waals surface area contributed by atoms with E-state index in [0.29, 0.717) is 27.6 Å². The zero-order valence-corrected chi connectivity index (χ0v) is 12.1. The van der Waals surface area contributed by atoms with E-state index in [1.54, 1.807) is 30.3 Å². The molecule has 0 saturated heterocycles. The van der Waals surface area contributed by atoms with Gasteiger partial charge < -0.3 is 16.8 Å². The van der Waals surface area contributed by atoms with E-state index in [4.69, 9.17) is 23.1 Å². The highest BCUT2D eigenvalue weighted by Gasteiger charge is 2.10. The third-order valence-electron chi connectivity index (χ3n) is 2.51. The van der Waals surface area contributed by atoms with E-state index < -0.39 is 5.91 Å². The van der Waals surface area contributed by atoms with Gasteiger partial charge in [0.25, 0.3) is 5.91 Å². The summed E-state index contributed by atoms with van der Waals surface area (Å²) in [6.07, 6.45) is 0. The molecule has 0 aliphatic carbocycles. The largest absolute Gasteiger partial charge is 0.399 e. The van der Waals surface area contributed by atoms with Crippen molar-refractivity contribution in [3.05, 3.63) is 51.5 Å². The smallest absolute Gasteiger partial charge is 0.250 e. The number of rotatable bonds is 3. The minimum absolute atomic E-state index is 0.352. The maximum atomic E-state index is 11.4. The van der Waals surface area contributed by atoms with E-state index in [9.17, 15) is 4.79 Å². The predicted molar refractivity (Wildman–Crippen MR) is 81.8 cm³/mol. The van der Waals surface area contributed by atoms with Gasteiger partial charge in [-0.2, -0.15) is 0 Å². The second-order valence-corrected chi connectivity index (χ2v) is 5.24. The van der Waals surface area contributed by atoms with E-state index in [-0.39, 0.29) is 0 Å². The lowest BCUT2D eigenvalue weighted by Crippen LogP contribution is -2.13. The van der Waals surface area contributed by atoms with E-state index >= 15 is 0 Å². The number of carbonyl (C=O) groups excluding carboxylic acids is 1. The standard InChI is InChI=1S/C13H11BrClN3O/c14-7-1-4-10(15)12(5-7)18-11-6-8(16)2-3-9(11)13(17)19/h1-6,18H,16H2,(H2,17,19). The number of amides is 1. The molecule has 0 bridgehead atoms. The van der Waals surface area contributed by atoms with Crippen LogP contribution in [-0.2, 0) is 0 Å². The van der Waals surface area contributed by atoms with Crippen LogP contribution in [0.2, 0.25) is 5.02 Å². The molecule has 0 aliphatic rings. The third-order valence-corrected chi connectivity index (χ3v) is 3.33. The molecule has 0 saturated carbocycles. The highest BCUT2D eigenvalue weighted by atomic mass is 79.9. The minimum Gasteiger partial charge on any atom is -0.399 e. The van der Waals surface area contributed by atoms with Gasteiger partial charge in [-0.25, -0.2) is 0 Å². The van der Waals surface area contributed by atoms with E-state index in [2.05, 4.69) is 21.2 Å². The highest BCUT2D eigenvalue weighted by molar-refractivity contribution is 9.10. The minimum atomic E-state index is -0.534. The average molecular weight is 341 g/mol. The Labute approximate surface area is 123 Å². The summed E-state index contributed by atoms with van der Waals surface area (Å²) in [4.78, 5) is 11.4. The first-order chi connectivity index (χ1) is 8.97. The van der Waals surface area contributed by atoms with Crippen molar-refractivity contribution >= 4 is 50.5 Å². The first-order valence-electron chi connectivity index (χ1n) is 5.39. The summed E-state index contributed by atoms with van der Waals surface area (Å²) in [6.45, 7) is 0. The van der Waals surface area contributed by atoms with Crippen LogP contribution in [0.1, 0.15) is 10.4 Å². The summed E-state index contributed by atoms with van der Waals surface area (Å²) in [6, 6.07) is 10.2. The number of halogens is 2. The normalized spacial score (nSPS) is 10.2. The van der Waals surface area contributed by atoms with Crippen molar-refractivity contribution in [2.75, 3.05) is 11.1 Å². The van der Waals surface area contributed by atoms with Crippen LogP contribution in [0, 0.1) is 0 Å². The van der Waals surface area contributed by atoms with Crippen LogP contribution in [0.25, 0.3) is 0 Å². The Morgan fingerprint density at radius 2 is 1.89 bits per heavy atom. The van der Waals surface area contributed by atoms with Crippen LogP contribution in [0.5, 0.6) is 0 Å². The number of benzene rings is 2. The Kier molecular flexibility index (Phi) is 3.97. The maximum absolute atomic E-state index is 11.4. The molecule has 0 atom stereocenters. The zero-order valence-electron chi connectivity index (χ0n) is 9.78. The number of primary amides is 1. The summed E-state index contributed by atoms with van der Waals surface area (Å²) < 4.78 is 0.865. The fraction of sp³-hybridized carbons (Fsp3) is 0. The van der Waals surface area contributed by atoms with Gasteiger partial charge in [0.05, 0.1) is 22.0 Å². The molecular weight excluding hydrogens is 330 g/mol. The van der Waals surface area contributed by atoms with E-state index in [1.165, 1.54) is 0 Å². The molecule has 6 heteroatoms. The molecule has 0 aromatic heterocycles. The molecule has 0 fully saturated rings. The molecule has 0 spiro atoms. The lowest BCUT2D eigenvalue weighted by molar-refractivity contribution is 0.100. The zero-order chi connectivity index (χ0) is 14.0. The third kappa shape index (κ3) is 3.19. The molecule has 0 radical (unpaired) electrons. The molecule has 2 aromatic carbocycles. The maximum Gasteiger partial charge on any atom is 0.250 e. The van der Waals surface area contributed by atoms with Crippen molar-refractivity contribution in [1.29, 1.82) is 0 Å². The number of nitrogen functional groups attached to an aromatic ring is 1. The second-order valence-electron chi connectivity index (χ2n) is 3.92. The summed E-state index contributed by atoms with van der Waals surface area (Å²) in [5, 5.41) is 3.59. The number of anilines is 3. The number of hydrogen-bond acceptors (Lipinski definition) is 3. The van der Waals surface area contributed by atoms with Gasteiger partial charge in [0, 0.05) is 10.2 Å². The molecule has 1 amide bonds. The first kappa shape index (κ1) is 13.7. The van der Waals surface area contributed by atoms with Gasteiger partial charge in [0.2, 0.25) is 0 Å². The van der Waals surface area contributed by atoms with Crippen molar-refractivity contribution in [1.82, 2.24) is 0 Å². The summed E-state index contributed by atoms with van der Waals surface area (Å²) in [7, 11) is 0. The van der Waals surface area contributed by atoms with Gasteiger partial charge >= 0.3 is 0 Å². The van der Waals surface area contributed by atoms with Crippen LogP contribution < -0.4 is 16.8 Å². The Morgan fingerprint density at radius 1 is 1.16 bits per heavy atom. The molecule has 5 N–H and O–H groups in total. The van der Waals surface area contributed by atoms with Gasteiger partial charge in [-0.15, -0.1) is 0 Å². The lowest BCUT2D eigenvalue weighted by Gasteiger charge is -2.12. The molecule has 0 heterocycles. The van der Waals surface area contributed by atoms with Gasteiger partial charge in [-0.05, 0) is 36.4 Å². The van der Waals surface area contributed by atoms with E-state index in [1.807, 2.05) is 6.07 Å². The van der Waals surface area contributed by atoms with Crippen molar-refractivity contribution in [3.63, 3.8) is 0 Å². The number of carbonyl (C=O) groups is 1. The van der Waals surface area contributed by atoms with Gasteiger partial charge in [-0.3, -0.25) is 4.79 Å². The monoisotopic (exact) mass is 339 g/mol. The molecule has 2 aromatic rings. The predicted octanol–water partition coefficient (Wildman–Crippen LogP) is 3.53. The lowest BCUT2D eigenvalue weighted by atomic mass is 10.1. The topological polar surface area (TPSA) is 81.1 Å². The molecule has 4 nitrogen and oxygen atoms in total. The van der Waals surface area contributed by atoms with Crippen molar-refractivity contribution in [2.45, 2.75) is 0 Å². The number of hydrogen-bond donors (Lipinski definition) is 3. The summed E-state index contributed by atoms with van der Waals surface area (Å²) in [5.41, 5.74) is 13.1. The van der Waals surface area contributed by atoms with Crippen molar-refractivity contribution < 1.29 is 4.79 Å². The van der Waals surface area contributed by atoms with Crippen molar-refractivity contribution in [2.24, 2.45) is 5.73 Å². The van der Waals surface area contributed by atoms with Gasteiger partial charge in [-0.1, -0.05) is 27.5 Å². The first-order valence-corrected chi connectivity index (χ1v) is 6.56. The molecule has 0 unspecified atom stereocenters. The summed E-state index contributed by atoms with van der Waals surface area (Å²) in [5.74, 6) is -0.534. The molecule has 19 heavy (non-hydrogen) atoms. The molecule has 98 valence electrons. The summed E-state index contributed by atoms with van der Waals surface area (Å²) >= 11 is 9.44. The Balaban J connectivity index is 2.45. The quantitative estimate of drug-likeness (QED) is 0.748. The SMILES string of the molecule is NC(=O)c1ccc(N)cc1Nc1cc(Br)ccc1Cl. The van der Waals surface area contributed by atoms with Crippen LogP contribution in [-0.4, -0.2) is 5.91 Å². The Morgan fingerprint density at radius 3 is 2.58 bits per heavy atom. The fourth-order valence-electron chi connectivity index (χ4n) is 1.62. The van der Waals surface area contributed by atoms with Crippen LogP contribution in [0.3, 0.4) is 0 Å². The van der Waals surface area contributed by atoms with Crippen LogP contribution in [0.15, 0.2) is 40.9 Å². The number of nitrogens with one attached hydrogen (secondary N) is 1. The number of nitrogens with two attached hydrogens (primary N) is 2. The fourth-order valence-corrected chi connectivity index (χ4v) is 2.14.